The first-order valence-corrected chi connectivity index (χ1v) is 9.42. The van der Waals surface area contributed by atoms with Crippen molar-refractivity contribution in [3.63, 3.8) is 0 Å². The Hall–Kier alpha value is -1.71. The summed E-state index contributed by atoms with van der Waals surface area (Å²) in [6, 6.07) is 18.1. The van der Waals surface area contributed by atoms with E-state index in [-0.39, 0.29) is 5.82 Å². The third-order valence-corrected chi connectivity index (χ3v) is 5.99. The monoisotopic (exact) mass is 339 g/mol. The molecule has 0 amide bonds. The maximum atomic E-state index is 13.1. The SMILES string of the molecule is O[C@@H](CN1[C@@H]2CC[C@H]1CC(Cc1ccc(F)cc1)C2)c1ccccc1. The van der Waals surface area contributed by atoms with Crippen molar-refractivity contribution < 1.29 is 9.50 Å². The van der Waals surface area contributed by atoms with Gasteiger partial charge in [-0.2, -0.15) is 0 Å². The highest BCUT2D eigenvalue weighted by molar-refractivity contribution is 5.19. The van der Waals surface area contributed by atoms with Gasteiger partial charge in [0.25, 0.3) is 0 Å². The fourth-order valence-corrected chi connectivity index (χ4v) is 4.79. The van der Waals surface area contributed by atoms with Crippen LogP contribution in [0.25, 0.3) is 0 Å². The van der Waals surface area contributed by atoms with Gasteiger partial charge in [0, 0.05) is 18.6 Å². The molecule has 2 aliphatic rings. The number of nitrogens with zero attached hydrogens (tertiary/aromatic N) is 1. The molecule has 132 valence electrons. The van der Waals surface area contributed by atoms with E-state index in [9.17, 15) is 9.50 Å². The molecule has 3 heteroatoms. The molecule has 0 aromatic heterocycles. The predicted octanol–water partition coefficient (Wildman–Crippen LogP) is 4.34. The second-order valence-electron chi connectivity index (χ2n) is 7.68. The molecule has 1 N–H and O–H groups in total. The average molecular weight is 339 g/mol. The molecule has 2 saturated heterocycles. The molecular weight excluding hydrogens is 313 g/mol. The van der Waals surface area contributed by atoms with Gasteiger partial charge in [0.15, 0.2) is 0 Å². The molecule has 0 spiro atoms. The number of hydrogen-bond acceptors (Lipinski definition) is 2. The average Bonchev–Trinajstić information content (AvgIpc) is 2.87. The number of hydrogen-bond donors (Lipinski definition) is 1. The van der Waals surface area contributed by atoms with Crippen LogP contribution in [0, 0.1) is 11.7 Å². The van der Waals surface area contributed by atoms with E-state index >= 15 is 0 Å². The van der Waals surface area contributed by atoms with E-state index in [2.05, 4.69) is 4.90 Å². The first kappa shape index (κ1) is 16.7. The Kier molecular flexibility index (Phi) is 4.87. The van der Waals surface area contributed by atoms with Crippen molar-refractivity contribution in [1.82, 2.24) is 4.90 Å². The molecule has 0 saturated carbocycles. The summed E-state index contributed by atoms with van der Waals surface area (Å²) in [5.41, 5.74) is 2.25. The van der Waals surface area contributed by atoms with E-state index in [0.29, 0.717) is 18.0 Å². The third kappa shape index (κ3) is 3.78. The van der Waals surface area contributed by atoms with Crippen LogP contribution in [-0.2, 0) is 6.42 Å². The lowest BCUT2D eigenvalue weighted by atomic mass is 9.85. The summed E-state index contributed by atoms with van der Waals surface area (Å²) in [6.45, 7) is 0.739. The maximum Gasteiger partial charge on any atom is 0.123 e. The molecule has 0 aliphatic carbocycles. The largest absolute Gasteiger partial charge is 0.387 e. The van der Waals surface area contributed by atoms with Gasteiger partial charge in [0.2, 0.25) is 0 Å². The highest BCUT2D eigenvalue weighted by Gasteiger charge is 2.41. The predicted molar refractivity (Wildman–Crippen MR) is 97.7 cm³/mol. The van der Waals surface area contributed by atoms with Crippen molar-refractivity contribution in [1.29, 1.82) is 0 Å². The Morgan fingerprint density at radius 3 is 2.24 bits per heavy atom. The number of aliphatic hydroxyl groups excluding tert-OH is 1. The summed E-state index contributed by atoms with van der Waals surface area (Å²) in [7, 11) is 0. The lowest BCUT2D eigenvalue weighted by Gasteiger charge is -2.40. The van der Waals surface area contributed by atoms with Gasteiger partial charge in [-0.05, 0) is 61.3 Å². The molecule has 1 unspecified atom stereocenters. The van der Waals surface area contributed by atoms with Crippen LogP contribution in [-0.4, -0.2) is 28.6 Å². The summed E-state index contributed by atoms with van der Waals surface area (Å²) < 4.78 is 13.1. The van der Waals surface area contributed by atoms with E-state index in [0.717, 1.165) is 18.5 Å². The number of halogens is 1. The first-order chi connectivity index (χ1) is 12.2. The Balaban J connectivity index is 1.37. The first-order valence-electron chi connectivity index (χ1n) is 9.42. The molecular formula is C22H26FNO. The summed E-state index contributed by atoms with van der Waals surface area (Å²) >= 11 is 0. The van der Waals surface area contributed by atoms with Crippen LogP contribution in [0.5, 0.6) is 0 Å². The zero-order chi connectivity index (χ0) is 17.2. The summed E-state index contributed by atoms with van der Waals surface area (Å²) in [5, 5.41) is 10.6. The molecule has 2 aromatic rings. The van der Waals surface area contributed by atoms with Crippen molar-refractivity contribution in [2.75, 3.05) is 6.54 Å². The standard InChI is InChI=1S/C22H26FNO/c23-19-8-6-16(7-9-19)12-17-13-20-10-11-21(14-17)24(20)15-22(25)18-4-2-1-3-5-18/h1-9,17,20-22,25H,10-15H2/t17?,20-,21+,22-/m0/s1. The molecule has 0 radical (unpaired) electrons. The molecule has 25 heavy (non-hydrogen) atoms. The molecule has 2 nitrogen and oxygen atoms in total. The van der Waals surface area contributed by atoms with Gasteiger partial charge in [-0.15, -0.1) is 0 Å². The van der Waals surface area contributed by atoms with Crippen molar-refractivity contribution in [3.05, 3.63) is 71.5 Å². The normalized spacial score (nSPS) is 27.4. The minimum Gasteiger partial charge on any atom is -0.387 e. The lowest BCUT2D eigenvalue weighted by Crippen LogP contribution is -2.45. The molecule has 2 fully saturated rings. The van der Waals surface area contributed by atoms with Gasteiger partial charge >= 0.3 is 0 Å². The number of benzene rings is 2. The number of fused-ring (bicyclic) bond motifs is 2. The molecule has 2 bridgehead atoms. The Morgan fingerprint density at radius 2 is 1.60 bits per heavy atom. The minimum absolute atomic E-state index is 0.159. The number of aliphatic hydroxyl groups is 1. The van der Waals surface area contributed by atoms with Gasteiger partial charge in [0.1, 0.15) is 5.82 Å². The fraction of sp³-hybridized carbons (Fsp3) is 0.455. The third-order valence-electron chi connectivity index (χ3n) is 5.99. The zero-order valence-electron chi connectivity index (χ0n) is 14.5. The zero-order valence-corrected chi connectivity index (χ0v) is 14.5. The van der Waals surface area contributed by atoms with E-state index in [1.807, 2.05) is 42.5 Å². The number of piperidine rings is 1. The van der Waals surface area contributed by atoms with Gasteiger partial charge in [-0.3, -0.25) is 4.90 Å². The maximum absolute atomic E-state index is 13.1. The van der Waals surface area contributed by atoms with Gasteiger partial charge < -0.3 is 5.11 Å². The summed E-state index contributed by atoms with van der Waals surface area (Å²) in [5.74, 6) is 0.515. The van der Waals surface area contributed by atoms with Crippen LogP contribution in [0.3, 0.4) is 0 Å². The smallest absolute Gasteiger partial charge is 0.123 e. The van der Waals surface area contributed by atoms with Gasteiger partial charge in [-0.1, -0.05) is 42.5 Å². The molecule has 2 aliphatic heterocycles. The highest BCUT2D eigenvalue weighted by Crippen LogP contribution is 2.40. The Bertz CT molecular complexity index is 673. The highest BCUT2D eigenvalue weighted by atomic mass is 19.1. The quantitative estimate of drug-likeness (QED) is 0.876. The van der Waals surface area contributed by atoms with Crippen LogP contribution in [0.4, 0.5) is 4.39 Å². The van der Waals surface area contributed by atoms with E-state index < -0.39 is 6.10 Å². The summed E-state index contributed by atoms with van der Waals surface area (Å²) in [6.07, 6.45) is 5.50. The molecule has 2 aromatic carbocycles. The minimum atomic E-state index is -0.405. The van der Waals surface area contributed by atoms with Crippen molar-refractivity contribution in [2.24, 2.45) is 5.92 Å². The van der Waals surface area contributed by atoms with E-state index in [1.165, 1.54) is 31.2 Å². The second-order valence-corrected chi connectivity index (χ2v) is 7.68. The Labute approximate surface area is 149 Å². The van der Waals surface area contributed by atoms with E-state index in [1.54, 1.807) is 12.1 Å². The fourth-order valence-electron chi connectivity index (χ4n) is 4.79. The van der Waals surface area contributed by atoms with Crippen molar-refractivity contribution in [3.8, 4) is 0 Å². The Morgan fingerprint density at radius 1 is 0.960 bits per heavy atom. The molecule has 2 heterocycles. The van der Waals surface area contributed by atoms with Crippen molar-refractivity contribution >= 4 is 0 Å². The van der Waals surface area contributed by atoms with Crippen molar-refractivity contribution in [2.45, 2.75) is 50.3 Å². The lowest BCUT2D eigenvalue weighted by molar-refractivity contribution is 0.0447. The van der Waals surface area contributed by atoms with Crippen LogP contribution in [0.1, 0.15) is 42.9 Å². The van der Waals surface area contributed by atoms with Crippen LogP contribution >= 0.6 is 0 Å². The van der Waals surface area contributed by atoms with Gasteiger partial charge in [-0.25, -0.2) is 4.39 Å². The van der Waals surface area contributed by atoms with Crippen LogP contribution < -0.4 is 0 Å². The summed E-state index contributed by atoms with van der Waals surface area (Å²) in [4.78, 5) is 2.54. The van der Waals surface area contributed by atoms with Crippen LogP contribution in [0.15, 0.2) is 54.6 Å². The number of rotatable bonds is 5. The molecule has 4 atom stereocenters. The molecule has 4 rings (SSSR count). The topological polar surface area (TPSA) is 23.5 Å². The van der Waals surface area contributed by atoms with Crippen LogP contribution in [0.2, 0.25) is 0 Å². The van der Waals surface area contributed by atoms with Gasteiger partial charge in [0.05, 0.1) is 6.10 Å². The second kappa shape index (κ2) is 7.27. The van der Waals surface area contributed by atoms with E-state index in [4.69, 9.17) is 0 Å².